The molecule has 0 aliphatic carbocycles. The molecule has 0 amide bonds. The third kappa shape index (κ3) is 2.58. The standard InChI is InChI=1S/C6H10O3S/c7-6(8)3-9-5-1-2-10-4-5/h5H,1-4H2,(H,7,8). The van der Waals surface area contributed by atoms with E-state index in [4.69, 9.17) is 9.84 Å². The van der Waals surface area contributed by atoms with E-state index in [9.17, 15) is 4.79 Å². The Morgan fingerprint density at radius 3 is 3.10 bits per heavy atom. The maximum Gasteiger partial charge on any atom is 0.329 e. The van der Waals surface area contributed by atoms with Gasteiger partial charge in [-0.2, -0.15) is 11.8 Å². The van der Waals surface area contributed by atoms with E-state index in [1.807, 2.05) is 11.8 Å². The second-order valence-electron chi connectivity index (χ2n) is 2.19. The lowest BCUT2D eigenvalue weighted by Gasteiger charge is -2.06. The number of carboxylic acid groups (broad SMARTS) is 1. The van der Waals surface area contributed by atoms with Gasteiger partial charge in [-0.1, -0.05) is 0 Å². The molecule has 1 atom stereocenters. The second-order valence-corrected chi connectivity index (χ2v) is 3.34. The van der Waals surface area contributed by atoms with E-state index in [0.717, 1.165) is 17.9 Å². The normalized spacial score (nSPS) is 25.0. The average molecular weight is 162 g/mol. The van der Waals surface area contributed by atoms with E-state index >= 15 is 0 Å². The summed E-state index contributed by atoms with van der Waals surface area (Å²) in [5.41, 5.74) is 0. The maximum atomic E-state index is 10.0. The minimum Gasteiger partial charge on any atom is -0.480 e. The van der Waals surface area contributed by atoms with Crippen LogP contribution in [0, 0.1) is 0 Å². The number of hydrogen-bond acceptors (Lipinski definition) is 3. The molecule has 1 saturated heterocycles. The predicted molar refractivity (Wildman–Crippen MR) is 39.3 cm³/mol. The molecule has 0 aromatic heterocycles. The Bertz CT molecular complexity index is 120. The highest BCUT2D eigenvalue weighted by Crippen LogP contribution is 2.19. The Labute approximate surface area is 63.8 Å². The zero-order valence-corrected chi connectivity index (χ0v) is 6.39. The summed E-state index contributed by atoms with van der Waals surface area (Å²) in [5, 5.41) is 8.24. The molecule has 3 nitrogen and oxygen atoms in total. The molecule has 0 bridgehead atoms. The monoisotopic (exact) mass is 162 g/mol. The van der Waals surface area contributed by atoms with Crippen LogP contribution < -0.4 is 0 Å². The Morgan fingerprint density at radius 1 is 1.80 bits per heavy atom. The van der Waals surface area contributed by atoms with Gasteiger partial charge in [-0.25, -0.2) is 4.79 Å². The van der Waals surface area contributed by atoms with E-state index in [1.165, 1.54) is 0 Å². The first kappa shape index (κ1) is 7.88. The minimum absolute atomic E-state index is 0.148. The van der Waals surface area contributed by atoms with Crippen molar-refractivity contribution in [3.05, 3.63) is 0 Å². The van der Waals surface area contributed by atoms with Crippen molar-refractivity contribution < 1.29 is 14.6 Å². The van der Waals surface area contributed by atoms with Crippen LogP contribution in [0.3, 0.4) is 0 Å². The average Bonchev–Trinajstić information content (AvgIpc) is 2.34. The van der Waals surface area contributed by atoms with Crippen LogP contribution >= 0.6 is 11.8 Å². The van der Waals surface area contributed by atoms with Crippen LogP contribution in [-0.4, -0.2) is 35.3 Å². The molecule has 0 spiro atoms. The molecule has 1 N–H and O–H groups in total. The summed E-state index contributed by atoms with van der Waals surface area (Å²) in [4.78, 5) is 10.0. The molecule has 58 valence electrons. The molecule has 1 unspecified atom stereocenters. The highest BCUT2D eigenvalue weighted by atomic mass is 32.2. The Morgan fingerprint density at radius 2 is 2.60 bits per heavy atom. The first-order valence-corrected chi connectivity index (χ1v) is 4.35. The van der Waals surface area contributed by atoms with Gasteiger partial charge >= 0.3 is 5.97 Å². The summed E-state index contributed by atoms with van der Waals surface area (Å²) in [6, 6.07) is 0. The number of hydrogen-bond donors (Lipinski definition) is 1. The van der Waals surface area contributed by atoms with Crippen LogP contribution in [0.1, 0.15) is 6.42 Å². The second kappa shape index (κ2) is 3.83. The summed E-state index contributed by atoms with van der Waals surface area (Å²) in [5.74, 6) is 1.18. The first-order chi connectivity index (χ1) is 4.79. The summed E-state index contributed by atoms with van der Waals surface area (Å²) in [6.07, 6.45) is 1.18. The quantitative estimate of drug-likeness (QED) is 0.660. The molecule has 1 aliphatic rings. The fraction of sp³-hybridized carbons (Fsp3) is 0.833. The number of aliphatic carboxylic acids is 1. The zero-order valence-electron chi connectivity index (χ0n) is 5.58. The van der Waals surface area contributed by atoms with Gasteiger partial charge in [0.15, 0.2) is 0 Å². The molecular formula is C6H10O3S. The zero-order chi connectivity index (χ0) is 7.40. The molecule has 0 aromatic carbocycles. The molecule has 10 heavy (non-hydrogen) atoms. The highest BCUT2D eigenvalue weighted by molar-refractivity contribution is 7.99. The molecule has 0 aromatic rings. The van der Waals surface area contributed by atoms with Gasteiger partial charge in [0.05, 0.1) is 6.10 Å². The summed E-state index contributed by atoms with van der Waals surface area (Å²) in [7, 11) is 0. The van der Waals surface area contributed by atoms with Crippen LogP contribution in [0.5, 0.6) is 0 Å². The van der Waals surface area contributed by atoms with E-state index in [1.54, 1.807) is 0 Å². The van der Waals surface area contributed by atoms with Crippen LogP contribution in [0.2, 0.25) is 0 Å². The smallest absolute Gasteiger partial charge is 0.329 e. The Hall–Kier alpha value is -0.220. The first-order valence-electron chi connectivity index (χ1n) is 3.20. The third-order valence-electron chi connectivity index (χ3n) is 1.33. The van der Waals surface area contributed by atoms with Crippen LogP contribution in [-0.2, 0) is 9.53 Å². The lowest BCUT2D eigenvalue weighted by molar-refractivity contribution is -0.143. The predicted octanol–water partition coefficient (Wildman–Crippen LogP) is 0.593. The molecule has 0 radical (unpaired) electrons. The van der Waals surface area contributed by atoms with Crippen molar-refractivity contribution in [2.45, 2.75) is 12.5 Å². The van der Waals surface area contributed by atoms with Crippen LogP contribution in [0.25, 0.3) is 0 Å². The fourth-order valence-electron chi connectivity index (χ4n) is 0.833. The minimum atomic E-state index is -0.878. The topological polar surface area (TPSA) is 46.5 Å². The number of rotatable bonds is 3. The third-order valence-corrected chi connectivity index (χ3v) is 2.46. The summed E-state index contributed by atoms with van der Waals surface area (Å²) < 4.78 is 5.04. The van der Waals surface area contributed by atoms with E-state index in [2.05, 4.69) is 0 Å². The number of carboxylic acids is 1. The van der Waals surface area contributed by atoms with Crippen molar-refractivity contribution >= 4 is 17.7 Å². The molecule has 1 rings (SSSR count). The van der Waals surface area contributed by atoms with Crippen molar-refractivity contribution in [3.63, 3.8) is 0 Å². The fourth-order valence-corrected chi connectivity index (χ4v) is 1.96. The van der Waals surface area contributed by atoms with Gasteiger partial charge in [-0.3, -0.25) is 0 Å². The van der Waals surface area contributed by atoms with Crippen molar-refractivity contribution in [2.24, 2.45) is 0 Å². The summed E-state index contributed by atoms with van der Waals surface area (Å²) in [6.45, 7) is -0.148. The van der Waals surface area contributed by atoms with Gasteiger partial charge in [0.2, 0.25) is 0 Å². The molecule has 0 saturated carbocycles. The number of thioether (sulfide) groups is 1. The lowest BCUT2D eigenvalue weighted by atomic mass is 10.3. The van der Waals surface area contributed by atoms with Gasteiger partial charge in [0, 0.05) is 5.75 Å². The van der Waals surface area contributed by atoms with Crippen LogP contribution in [0.4, 0.5) is 0 Å². The lowest BCUT2D eigenvalue weighted by Crippen LogP contribution is -2.17. The molecular weight excluding hydrogens is 152 g/mol. The van der Waals surface area contributed by atoms with E-state index < -0.39 is 5.97 Å². The molecule has 1 aliphatic heterocycles. The van der Waals surface area contributed by atoms with Crippen LogP contribution in [0.15, 0.2) is 0 Å². The van der Waals surface area contributed by atoms with Gasteiger partial charge < -0.3 is 9.84 Å². The maximum absolute atomic E-state index is 10.0. The van der Waals surface area contributed by atoms with Crippen molar-refractivity contribution in [3.8, 4) is 0 Å². The van der Waals surface area contributed by atoms with E-state index in [-0.39, 0.29) is 12.7 Å². The SMILES string of the molecule is O=C(O)COC1CCSC1. The van der Waals surface area contributed by atoms with Gasteiger partial charge in [-0.05, 0) is 12.2 Å². The summed E-state index contributed by atoms with van der Waals surface area (Å²) >= 11 is 1.82. The molecule has 1 fully saturated rings. The number of carbonyl (C=O) groups is 1. The molecule has 1 heterocycles. The van der Waals surface area contributed by atoms with Crippen molar-refractivity contribution in [1.82, 2.24) is 0 Å². The Kier molecular flexibility index (Phi) is 3.02. The number of ether oxygens (including phenoxy) is 1. The highest BCUT2D eigenvalue weighted by Gasteiger charge is 2.16. The molecule has 4 heteroatoms. The van der Waals surface area contributed by atoms with Gasteiger partial charge in [0.25, 0.3) is 0 Å². The van der Waals surface area contributed by atoms with E-state index in [0.29, 0.717) is 0 Å². The van der Waals surface area contributed by atoms with Crippen molar-refractivity contribution in [1.29, 1.82) is 0 Å². The Balaban J connectivity index is 2.07. The largest absolute Gasteiger partial charge is 0.480 e. The van der Waals surface area contributed by atoms with Gasteiger partial charge in [0.1, 0.15) is 6.61 Å². The van der Waals surface area contributed by atoms with Crippen molar-refractivity contribution in [2.75, 3.05) is 18.1 Å². The van der Waals surface area contributed by atoms with Gasteiger partial charge in [-0.15, -0.1) is 0 Å².